The molecule has 0 fully saturated rings. The highest BCUT2D eigenvalue weighted by atomic mass is 79.9. The molecule has 8 nitrogen and oxygen atoms in total. The van der Waals surface area contributed by atoms with E-state index in [0.717, 1.165) is 27.9 Å². The van der Waals surface area contributed by atoms with E-state index in [2.05, 4.69) is 31.0 Å². The SMILES string of the molecule is CN(C)CCON=C(c1ccc(Br)cc1)c1cccnc1.O=C(O)C(=O)O. The molecule has 144 valence electrons. The predicted octanol–water partition coefficient (Wildman–Crippen LogP) is 2.33. The number of oxime groups is 1. The summed E-state index contributed by atoms with van der Waals surface area (Å²) in [5.74, 6) is -3.65. The molecule has 2 aromatic rings. The first-order valence-corrected chi connectivity index (χ1v) is 8.57. The highest BCUT2D eigenvalue weighted by Gasteiger charge is 2.08. The van der Waals surface area contributed by atoms with Crippen molar-refractivity contribution >= 4 is 33.6 Å². The Morgan fingerprint density at radius 1 is 1.11 bits per heavy atom. The Kier molecular flexibility index (Phi) is 9.70. The molecule has 0 aliphatic rings. The third-order valence-electron chi connectivity index (χ3n) is 3.02. The van der Waals surface area contributed by atoms with Crippen LogP contribution in [0.4, 0.5) is 0 Å². The molecule has 0 aliphatic heterocycles. The molecule has 0 radical (unpaired) electrons. The number of aromatic nitrogens is 1. The Morgan fingerprint density at radius 3 is 2.22 bits per heavy atom. The number of pyridine rings is 1. The number of rotatable bonds is 6. The Hall–Kier alpha value is -2.78. The molecular weight excluding hydrogens is 418 g/mol. The third-order valence-corrected chi connectivity index (χ3v) is 3.55. The van der Waals surface area contributed by atoms with Gasteiger partial charge in [-0.05, 0) is 38.4 Å². The normalized spacial score (nSPS) is 10.7. The van der Waals surface area contributed by atoms with E-state index in [9.17, 15) is 0 Å². The summed E-state index contributed by atoms with van der Waals surface area (Å²) in [7, 11) is 4.01. The Bertz CT molecular complexity index is 752. The molecule has 0 unspecified atom stereocenters. The number of carbonyl (C=O) groups is 2. The van der Waals surface area contributed by atoms with Crippen LogP contribution in [0.3, 0.4) is 0 Å². The van der Waals surface area contributed by atoms with E-state index in [1.165, 1.54) is 0 Å². The Morgan fingerprint density at radius 2 is 1.74 bits per heavy atom. The van der Waals surface area contributed by atoms with Gasteiger partial charge in [0.25, 0.3) is 0 Å². The van der Waals surface area contributed by atoms with E-state index < -0.39 is 11.9 Å². The van der Waals surface area contributed by atoms with E-state index in [4.69, 9.17) is 24.6 Å². The zero-order chi connectivity index (χ0) is 20.2. The fourth-order valence-electron chi connectivity index (χ4n) is 1.72. The summed E-state index contributed by atoms with van der Waals surface area (Å²) in [6.07, 6.45) is 3.53. The van der Waals surface area contributed by atoms with Gasteiger partial charge in [-0.25, -0.2) is 9.59 Å². The second-order valence-corrected chi connectivity index (χ2v) is 6.35. The van der Waals surface area contributed by atoms with Crippen LogP contribution < -0.4 is 0 Å². The molecule has 0 saturated carbocycles. The monoisotopic (exact) mass is 437 g/mol. The highest BCUT2D eigenvalue weighted by Crippen LogP contribution is 2.15. The van der Waals surface area contributed by atoms with Crippen molar-refractivity contribution in [2.24, 2.45) is 5.16 Å². The van der Waals surface area contributed by atoms with E-state index in [1.807, 2.05) is 50.5 Å². The fraction of sp³-hybridized carbons (Fsp3) is 0.222. The number of benzene rings is 1. The second kappa shape index (κ2) is 11.8. The first-order valence-electron chi connectivity index (χ1n) is 7.78. The second-order valence-electron chi connectivity index (χ2n) is 5.44. The minimum absolute atomic E-state index is 0.549. The molecule has 0 saturated heterocycles. The predicted molar refractivity (Wildman–Crippen MR) is 104 cm³/mol. The minimum Gasteiger partial charge on any atom is -0.473 e. The number of carboxylic acids is 2. The zero-order valence-corrected chi connectivity index (χ0v) is 16.5. The van der Waals surface area contributed by atoms with E-state index in [1.54, 1.807) is 12.4 Å². The molecule has 2 rings (SSSR count). The van der Waals surface area contributed by atoms with Crippen LogP contribution in [-0.2, 0) is 14.4 Å². The van der Waals surface area contributed by atoms with Crippen LogP contribution in [0.2, 0.25) is 0 Å². The van der Waals surface area contributed by atoms with E-state index in [0.29, 0.717) is 6.61 Å². The number of carboxylic acid groups (broad SMARTS) is 2. The van der Waals surface area contributed by atoms with Crippen molar-refractivity contribution < 1.29 is 24.6 Å². The largest absolute Gasteiger partial charge is 0.473 e. The van der Waals surface area contributed by atoms with Crippen LogP contribution in [0, 0.1) is 0 Å². The first-order chi connectivity index (χ1) is 12.8. The molecule has 9 heteroatoms. The zero-order valence-electron chi connectivity index (χ0n) is 14.9. The summed E-state index contributed by atoms with van der Waals surface area (Å²) in [4.78, 5) is 29.9. The van der Waals surface area contributed by atoms with Crippen LogP contribution >= 0.6 is 15.9 Å². The summed E-state index contributed by atoms with van der Waals surface area (Å²) in [5, 5.41) is 19.1. The molecule has 1 heterocycles. The molecule has 2 N–H and O–H groups in total. The lowest BCUT2D eigenvalue weighted by atomic mass is 10.0. The van der Waals surface area contributed by atoms with Crippen molar-refractivity contribution in [2.75, 3.05) is 27.2 Å². The smallest absolute Gasteiger partial charge is 0.414 e. The van der Waals surface area contributed by atoms with Crippen molar-refractivity contribution in [1.82, 2.24) is 9.88 Å². The maximum absolute atomic E-state index is 9.10. The van der Waals surface area contributed by atoms with Gasteiger partial charge in [0.2, 0.25) is 0 Å². The molecule has 27 heavy (non-hydrogen) atoms. The molecular formula is C18H20BrN3O5. The van der Waals surface area contributed by atoms with Crippen LogP contribution in [-0.4, -0.2) is 65.0 Å². The molecule has 0 atom stereocenters. The third kappa shape index (κ3) is 8.93. The van der Waals surface area contributed by atoms with Gasteiger partial charge in [0, 0.05) is 34.5 Å². The summed E-state index contributed by atoms with van der Waals surface area (Å²) < 4.78 is 1.03. The van der Waals surface area contributed by atoms with Crippen LogP contribution in [0.1, 0.15) is 11.1 Å². The summed E-state index contributed by atoms with van der Waals surface area (Å²) in [6, 6.07) is 11.9. The number of hydrogen-bond acceptors (Lipinski definition) is 6. The van der Waals surface area contributed by atoms with Crippen molar-refractivity contribution in [1.29, 1.82) is 0 Å². The molecule has 0 spiro atoms. The molecule has 1 aromatic heterocycles. The Labute approximate surface area is 165 Å². The highest BCUT2D eigenvalue weighted by molar-refractivity contribution is 9.10. The van der Waals surface area contributed by atoms with Gasteiger partial charge in [-0.1, -0.05) is 33.2 Å². The van der Waals surface area contributed by atoms with Gasteiger partial charge in [0.1, 0.15) is 12.3 Å². The van der Waals surface area contributed by atoms with Crippen molar-refractivity contribution in [3.8, 4) is 0 Å². The number of likely N-dealkylation sites (N-methyl/N-ethyl adjacent to an activating group) is 1. The summed E-state index contributed by atoms with van der Waals surface area (Å²) in [6.45, 7) is 1.37. The van der Waals surface area contributed by atoms with Gasteiger partial charge < -0.3 is 20.0 Å². The Balaban J connectivity index is 0.000000527. The van der Waals surface area contributed by atoms with Crippen molar-refractivity contribution in [3.63, 3.8) is 0 Å². The lowest BCUT2D eigenvalue weighted by Gasteiger charge is -2.10. The van der Waals surface area contributed by atoms with E-state index in [-0.39, 0.29) is 0 Å². The molecule has 0 aliphatic carbocycles. The maximum Gasteiger partial charge on any atom is 0.414 e. The minimum atomic E-state index is -1.82. The average Bonchev–Trinajstić information content (AvgIpc) is 2.64. The van der Waals surface area contributed by atoms with Crippen molar-refractivity contribution in [2.45, 2.75) is 0 Å². The van der Waals surface area contributed by atoms with Gasteiger partial charge in [0.15, 0.2) is 0 Å². The number of hydrogen-bond donors (Lipinski definition) is 2. The number of halogens is 1. The first kappa shape index (κ1) is 22.3. The van der Waals surface area contributed by atoms with Gasteiger partial charge >= 0.3 is 11.9 Å². The number of aliphatic carboxylic acids is 2. The van der Waals surface area contributed by atoms with Gasteiger partial charge in [-0.2, -0.15) is 0 Å². The lowest BCUT2D eigenvalue weighted by molar-refractivity contribution is -0.159. The number of nitrogens with zero attached hydrogens (tertiary/aromatic N) is 3. The van der Waals surface area contributed by atoms with Crippen LogP contribution in [0.25, 0.3) is 0 Å². The van der Waals surface area contributed by atoms with Crippen molar-refractivity contribution in [3.05, 3.63) is 64.4 Å². The molecule has 0 amide bonds. The van der Waals surface area contributed by atoms with Crippen LogP contribution in [0.5, 0.6) is 0 Å². The summed E-state index contributed by atoms with van der Waals surface area (Å²) >= 11 is 3.44. The van der Waals surface area contributed by atoms with E-state index >= 15 is 0 Å². The standard InChI is InChI=1S/C16H18BrN3O.C2H2O4/c1-20(2)10-11-21-19-16(14-4-3-9-18-12-14)13-5-7-15(17)8-6-13;3-1(4)2(5)6/h3-9,12H,10-11H2,1-2H3;(H,3,4)(H,5,6). The van der Waals surface area contributed by atoms with Gasteiger partial charge in [-0.15, -0.1) is 0 Å². The topological polar surface area (TPSA) is 112 Å². The quantitative estimate of drug-likeness (QED) is 0.308. The maximum atomic E-state index is 9.10. The van der Waals surface area contributed by atoms with Gasteiger partial charge in [-0.3, -0.25) is 4.98 Å². The summed E-state index contributed by atoms with van der Waals surface area (Å²) in [5.41, 5.74) is 2.72. The van der Waals surface area contributed by atoms with Gasteiger partial charge in [0.05, 0.1) is 0 Å². The lowest BCUT2D eigenvalue weighted by Crippen LogP contribution is -2.17. The van der Waals surface area contributed by atoms with Crippen LogP contribution in [0.15, 0.2) is 58.4 Å². The average molecular weight is 438 g/mol. The molecule has 1 aromatic carbocycles. The fourth-order valence-corrected chi connectivity index (χ4v) is 1.98. The molecule has 0 bridgehead atoms.